The Labute approximate surface area is 110 Å². The number of likely N-dealkylation sites (tertiary alicyclic amines) is 1. The molecule has 1 aliphatic heterocycles. The van der Waals surface area contributed by atoms with E-state index in [2.05, 4.69) is 30.0 Å². The maximum absolute atomic E-state index is 5.94. The lowest BCUT2D eigenvalue weighted by Crippen LogP contribution is -2.29. The summed E-state index contributed by atoms with van der Waals surface area (Å²) in [6.07, 6.45) is 5.35. The fraction of sp³-hybridized carbons (Fsp3) is 0.750. The second-order valence-corrected chi connectivity index (χ2v) is 4.85. The minimum absolute atomic E-state index is 0. The van der Waals surface area contributed by atoms with Crippen LogP contribution < -0.4 is 5.73 Å². The Morgan fingerprint density at radius 1 is 1.59 bits per heavy atom. The van der Waals surface area contributed by atoms with Crippen LogP contribution in [0.1, 0.15) is 25.8 Å². The summed E-state index contributed by atoms with van der Waals surface area (Å²) in [7, 11) is 0. The first-order valence-electron chi connectivity index (χ1n) is 6.18. The first-order valence-corrected chi connectivity index (χ1v) is 6.18. The van der Waals surface area contributed by atoms with Crippen molar-refractivity contribution in [2.24, 2.45) is 11.7 Å². The molecule has 1 fully saturated rings. The van der Waals surface area contributed by atoms with Crippen molar-refractivity contribution in [1.82, 2.24) is 14.7 Å². The summed E-state index contributed by atoms with van der Waals surface area (Å²) < 4.78 is 1.98. The van der Waals surface area contributed by atoms with Gasteiger partial charge in [-0.1, -0.05) is 0 Å². The summed E-state index contributed by atoms with van der Waals surface area (Å²) in [4.78, 5) is 2.48. The molecule has 0 amide bonds. The van der Waals surface area contributed by atoms with E-state index in [9.17, 15) is 0 Å². The zero-order chi connectivity index (χ0) is 11.5. The van der Waals surface area contributed by atoms with Gasteiger partial charge in [0.2, 0.25) is 0 Å². The molecule has 98 valence electrons. The highest BCUT2D eigenvalue weighted by molar-refractivity contribution is 5.85. The molecule has 0 radical (unpaired) electrons. The molecular weight excluding hydrogens is 236 g/mol. The summed E-state index contributed by atoms with van der Waals surface area (Å²) in [6, 6.07) is 0.323. The molecule has 0 bridgehead atoms. The molecule has 4 nitrogen and oxygen atoms in total. The van der Waals surface area contributed by atoms with Crippen molar-refractivity contribution < 1.29 is 0 Å². The van der Waals surface area contributed by atoms with E-state index in [0.29, 0.717) is 12.0 Å². The molecule has 0 aromatic carbocycles. The molecule has 1 aromatic rings. The summed E-state index contributed by atoms with van der Waals surface area (Å²) >= 11 is 0. The normalized spacial score (nSPS) is 22.4. The molecule has 1 aliphatic rings. The van der Waals surface area contributed by atoms with Crippen LogP contribution in [-0.2, 0) is 13.1 Å². The Kier molecular flexibility index (Phi) is 5.43. The lowest BCUT2D eigenvalue weighted by molar-refractivity contribution is 0.308. The van der Waals surface area contributed by atoms with Gasteiger partial charge >= 0.3 is 0 Å². The van der Waals surface area contributed by atoms with Gasteiger partial charge in [0.25, 0.3) is 0 Å². The number of hydrogen-bond acceptors (Lipinski definition) is 3. The van der Waals surface area contributed by atoms with Gasteiger partial charge in [0.05, 0.1) is 6.20 Å². The molecule has 0 aliphatic carbocycles. The van der Waals surface area contributed by atoms with Crippen molar-refractivity contribution in [2.75, 3.05) is 13.1 Å². The smallest absolute Gasteiger partial charge is 0.0534 e. The summed E-state index contributed by atoms with van der Waals surface area (Å²) in [5.74, 6) is 0.668. The second kappa shape index (κ2) is 6.38. The van der Waals surface area contributed by atoms with Gasteiger partial charge in [-0.05, 0) is 32.7 Å². The number of nitrogens with two attached hydrogens (primary N) is 1. The fourth-order valence-electron chi connectivity index (χ4n) is 2.35. The van der Waals surface area contributed by atoms with Crippen molar-refractivity contribution in [3.63, 3.8) is 0 Å². The predicted molar refractivity (Wildman–Crippen MR) is 72.2 cm³/mol. The van der Waals surface area contributed by atoms with Gasteiger partial charge in [0.1, 0.15) is 0 Å². The number of aryl methyl sites for hydroxylation is 1. The summed E-state index contributed by atoms with van der Waals surface area (Å²) in [5, 5.41) is 4.30. The Morgan fingerprint density at radius 3 is 2.88 bits per heavy atom. The van der Waals surface area contributed by atoms with Crippen LogP contribution in [0.4, 0.5) is 0 Å². The van der Waals surface area contributed by atoms with Crippen molar-refractivity contribution in [2.45, 2.75) is 39.4 Å². The van der Waals surface area contributed by atoms with E-state index < -0.39 is 0 Å². The van der Waals surface area contributed by atoms with Gasteiger partial charge in [-0.15, -0.1) is 12.4 Å². The average Bonchev–Trinajstić information content (AvgIpc) is 2.87. The second-order valence-electron chi connectivity index (χ2n) is 4.85. The molecule has 1 aromatic heterocycles. The molecule has 17 heavy (non-hydrogen) atoms. The zero-order valence-electron chi connectivity index (χ0n) is 10.7. The molecule has 0 spiro atoms. The highest BCUT2D eigenvalue weighted by atomic mass is 35.5. The van der Waals surface area contributed by atoms with Crippen molar-refractivity contribution in [3.8, 4) is 0 Å². The Balaban J connectivity index is 0.00000144. The molecule has 5 heteroatoms. The van der Waals surface area contributed by atoms with Crippen molar-refractivity contribution in [1.29, 1.82) is 0 Å². The quantitative estimate of drug-likeness (QED) is 0.890. The van der Waals surface area contributed by atoms with E-state index in [1.807, 2.05) is 10.9 Å². The van der Waals surface area contributed by atoms with Crippen molar-refractivity contribution >= 4 is 12.4 Å². The van der Waals surface area contributed by atoms with Crippen LogP contribution in [0.2, 0.25) is 0 Å². The van der Waals surface area contributed by atoms with Crippen LogP contribution in [0.15, 0.2) is 12.4 Å². The van der Waals surface area contributed by atoms with Gasteiger partial charge in [0, 0.05) is 37.4 Å². The monoisotopic (exact) mass is 258 g/mol. The first-order chi connectivity index (χ1) is 7.69. The number of nitrogens with zero attached hydrogens (tertiary/aromatic N) is 3. The van der Waals surface area contributed by atoms with Gasteiger partial charge in [-0.25, -0.2) is 0 Å². The molecule has 2 heterocycles. The maximum Gasteiger partial charge on any atom is 0.0534 e. The van der Waals surface area contributed by atoms with Gasteiger partial charge in [-0.3, -0.25) is 9.58 Å². The average molecular weight is 259 g/mol. The summed E-state index contributed by atoms with van der Waals surface area (Å²) in [5.41, 5.74) is 7.25. The first kappa shape index (κ1) is 14.5. The number of hydrogen-bond donors (Lipinski definition) is 1. The van der Waals surface area contributed by atoms with E-state index in [1.54, 1.807) is 0 Å². The highest BCUT2D eigenvalue weighted by Crippen LogP contribution is 2.20. The van der Waals surface area contributed by atoms with Crippen LogP contribution >= 0.6 is 12.4 Å². The fourth-order valence-corrected chi connectivity index (χ4v) is 2.35. The summed E-state index contributed by atoms with van der Waals surface area (Å²) in [6.45, 7) is 8.49. The molecule has 0 saturated carbocycles. The number of aromatic nitrogens is 2. The lowest BCUT2D eigenvalue weighted by atomic mass is 10.0. The number of halogens is 1. The van der Waals surface area contributed by atoms with Gasteiger partial charge in [-0.2, -0.15) is 5.10 Å². The Bertz CT molecular complexity index is 337. The minimum Gasteiger partial charge on any atom is -0.328 e. The molecule has 2 unspecified atom stereocenters. The molecule has 2 N–H and O–H groups in total. The molecule has 2 atom stereocenters. The third-order valence-corrected chi connectivity index (χ3v) is 3.47. The molecular formula is C12H23ClN4. The largest absolute Gasteiger partial charge is 0.328 e. The van der Waals surface area contributed by atoms with Crippen LogP contribution in [0.3, 0.4) is 0 Å². The van der Waals surface area contributed by atoms with Crippen LogP contribution in [0, 0.1) is 5.92 Å². The predicted octanol–water partition coefficient (Wildman–Crippen LogP) is 1.49. The molecule has 1 saturated heterocycles. The molecule has 2 rings (SSSR count). The number of rotatable bonds is 4. The minimum atomic E-state index is 0. The van der Waals surface area contributed by atoms with Crippen LogP contribution in [0.5, 0.6) is 0 Å². The van der Waals surface area contributed by atoms with Crippen molar-refractivity contribution in [3.05, 3.63) is 18.0 Å². The standard InChI is InChI=1S/C12H22N4.ClH/c1-3-16-8-11(6-14-16)7-15-5-4-12(9-15)10(2)13;/h6,8,10,12H,3-5,7,9,13H2,1-2H3;1H. The van der Waals surface area contributed by atoms with Gasteiger partial charge in [0.15, 0.2) is 0 Å². The maximum atomic E-state index is 5.94. The van der Waals surface area contributed by atoms with Gasteiger partial charge < -0.3 is 5.73 Å². The SMILES string of the molecule is CCn1cc(CN2CCC(C(C)N)C2)cn1.Cl. The Hall–Kier alpha value is -0.580. The van der Waals surface area contributed by atoms with E-state index in [0.717, 1.165) is 19.6 Å². The third kappa shape index (κ3) is 3.69. The highest BCUT2D eigenvalue weighted by Gasteiger charge is 2.25. The van der Waals surface area contributed by atoms with Crippen LogP contribution in [0.25, 0.3) is 0 Å². The van der Waals surface area contributed by atoms with E-state index >= 15 is 0 Å². The third-order valence-electron chi connectivity index (χ3n) is 3.47. The Morgan fingerprint density at radius 2 is 2.35 bits per heavy atom. The van der Waals surface area contributed by atoms with Crippen LogP contribution in [-0.4, -0.2) is 33.8 Å². The topological polar surface area (TPSA) is 47.1 Å². The van der Waals surface area contributed by atoms with E-state index in [1.165, 1.54) is 18.5 Å². The zero-order valence-corrected chi connectivity index (χ0v) is 11.5. The lowest BCUT2D eigenvalue weighted by Gasteiger charge is -2.16. The van der Waals surface area contributed by atoms with E-state index in [4.69, 9.17) is 5.73 Å². The van der Waals surface area contributed by atoms with E-state index in [-0.39, 0.29) is 12.4 Å².